The second kappa shape index (κ2) is 5.11. The summed E-state index contributed by atoms with van der Waals surface area (Å²) in [4.78, 5) is 10.8. The van der Waals surface area contributed by atoms with Gasteiger partial charge in [-0.2, -0.15) is 0 Å². The molecule has 4 heteroatoms. The lowest BCUT2D eigenvalue weighted by Gasteiger charge is -2.42. The van der Waals surface area contributed by atoms with Crippen molar-refractivity contribution in [3.63, 3.8) is 0 Å². The number of carboxylic acids is 1. The van der Waals surface area contributed by atoms with Gasteiger partial charge in [0.2, 0.25) is 0 Å². The zero-order valence-electron chi connectivity index (χ0n) is 11.3. The Hall–Kier alpha value is -1.71. The van der Waals surface area contributed by atoms with Gasteiger partial charge in [0.1, 0.15) is 17.1 Å². The number of ether oxygens (including phenoxy) is 1. The molecule has 1 aliphatic rings. The summed E-state index contributed by atoms with van der Waals surface area (Å²) in [5, 5.41) is 18.4. The van der Waals surface area contributed by atoms with Crippen molar-refractivity contribution in [3.8, 4) is 11.5 Å². The molecule has 0 aromatic heterocycles. The zero-order valence-corrected chi connectivity index (χ0v) is 11.3. The first-order chi connectivity index (χ1) is 8.94. The number of carboxylic acid groups (broad SMARTS) is 1. The van der Waals surface area contributed by atoms with Crippen LogP contribution in [0.3, 0.4) is 0 Å². The maximum atomic E-state index is 10.8. The Morgan fingerprint density at radius 2 is 2.26 bits per heavy atom. The summed E-state index contributed by atoms with van der Waals surface area (Å²) in [7, 11) is 0. The fourth-order valence-corrected chi connectivity index (χ4v) is 2.81. The van der Waals surface area contributed by atoms with Crippen LogP contribution in [0.5, 0.6) is 11.5 Å². The third kappa shape index (κ3) is 2.83. The second-order valence-corrected chi connectivity index (χ2v) is 5.41. The van der Waals surface area contributed by atoms with Crippen LogP contribution >= 0.6 is 0 Å². The highest BCUT2D eigenvalue weighted by Gasteiger charge is 2.39. The Kier molecular flexibility index (Phi) is 3.69. The van der Waals surface area contributed by atoms with Gasteiger partial charge >= 0.3 is 5.97 Å². The first-order valence-electron chi connectivity index (χ1n) is 6.67. The number of phenolic OH excluding ortho intramolecular Hbond substituents is 1. The lowest BCUT2D eigenvalue weighted by Crippen LogP contribution is -2.45. The molecule has 0 aliphatic carbocycles. The number of fused-ring (bicyclic) bond motifs is 1. The number of hydrogen-bond acceptors (Lipinski definition) is 3. The maximum absolute atomic E-state index is 10.8. The van der Waals surface area contributed by atoms with Crippen LogP contribution in [0.25, 0.3) is 0 Å². The Morgan fingerprint density at radius 3 is 2.89 bits per heavy atom. The van der Waals surface area contributed by atoms with E-state index in [0.717, 1.165) is 18.4 Å². The normalized spacial score (nSPS) is 25.5. The Balaban J connectivity index is 2.26. The van der Waals surface area contributed by atoms with Gasteiger partial charge in [0.25, 0.3) is 0 Å². The molecule has 1 heterocycles. The van der Waals surface area contributed by atoms with E-state index in [1.807, 2.05) is 13.0 Å². The summed E-state index contributed by atoms with van der Waals surface area (Å²) in [6, 6.07) is 5.15. The van der Waals surface area contributed by atoms with Crippen LogP contribution in [-0.4, -0.2) is 21.8 Å². The number of rotatable bonds is 4. The van der Waals surface area contributed by atoms with E-state index in [9.17, 15) is 9.90 Å². The Bertz CT molecular complexity index is 483. The van der Waals surface area contributed by atoms with Crippen molar-refractivity contribution in [1.29, 1.82) is 0 Å². The largest absolute Gasteiger partial charge is 0.508 e. The van der Waals surface area contributed by atoms with Crippen LogP contribution in [0, 0.1) is 5.92 Å². The minimum atomic E-state index is -0.804. The predicted octanol–water partition coefficient (Wildman–Crippen LogP) is 2.98. The number of benzene rings is 1. The van der Waals surface area contributed by atoms with Crippen molar-refractivity contribution < 1.29 is 19.7 Å². The number of aliphatic carboxylic acids is 1. The van der Waals surface area contributed by atoms with E-state index in [-0.39, 0.29) is 12.2 Å². The quantitative estimate of drug-likeness (QED) is 0.877. The van der Waals surface area contributed by atoms with E-state index in [1.54, 1.807) is 12.1 Å². The standard InChI is InChI=1S/C15H20O4/c1-3-11-8-10-4-5-12(16)9-13(10)19-15(11,2)7-6-14(17)18/h4-5,9,11,16H,3,6-8H2,1-2H3,(H,17,18). The lowest BCUT2D eigenvalue weighted by molar-refractivity contribution is -0.138. The van der Waals surface area contributed by atoms with Crippen molar-refractivity contribution in [3.05, 3.63) is 23.8 Å². The lowest BCUT2D eigenvalue weighted by atomic mass is 9.77. The van der Waals surface area contributed by atoms with Crippen LogP contribution in [0.2, 0.25) is 0 Å². The van der Waals surface area contributed by atoms with E-state index in [4.69, 9.17) is 9.84 Å². The highest BCUT2D eigenvalue weighted by molar-refractivity contribution is 5.66. The zero-order chi connectivity index (χ0) is 14.0. The number of carbonyl (C=O) groups is 1. The molecule has 4 nitrogen and oxygen atoms in total. The van der Waals surface area contributed by atoms with E-state index < -0.39 is 11.6 Å². The summed E-state index contributed by atoms with van der Waals surface area (Å²) >= 11 is 0. The predicted molar refractivity (Wildman–Crippen MR) is 71.5 cm³/mol. The topological polar surface area (TPSA) is 66.8 Å². The first kappa shape index (κ1) is 13.7. The summed E-state index contributed by atoms with van der Waals surface area (Å²) < 4.78 is 6.03. The highest BCUT2D eigenvalue weighted by atomic mass is 16.5. The van der Waals surface area contributed by atoms with E-state index in [0.29, 0.717) is 18.1 Å². The molecule has 1 aromatic rings. The van der Waals surface area contributed by atoms with Gasteiger partial charge in [0.15, 0.2) is 0 Å². The van der Waals surface area contributed by atoms with Crippen LogP contribution in [0.1, 0.15) is 38.7 Å². The average molecular weight is 264 g/mol. The van der Waals surface area contributed by atoms with Gasteiger partial charge in [0, 0.05) is 18.4 Å². The van der Waals surface area contributed by atoms with Crippen molar-refractivity contribution in [2.45, 2.75) is 45.1 Å². The Morgan fingerprint density at radius 1 is 1.53 bits per heavy atom. The molecule has 0 bridgehead atoms. The molecule has 2 N–H and O–H groups in total. The number of hydrogen-bond donors (Lipinski definition) is 2. The molecule has 0 spiro atoms. The summed E-state index contributed by atoms with van der Waals surface area (Å²) in [5.41, 5.74) is 0.603. The molecule has 19 heavy (non-hydrogen) atoms. The van der Waals surface area contributed by atoms with E-state index in [1.165, 1.54) is 0 Å². The molecular weight excluding hydrogens is 244 g/mol. The smallest absolute Gasteiger partial charge is 0.303 e. The Labute approximate surface area is 113 Å². The van der Waals surface area contributed by atoms with Crippen molar-refractivity contribution in [1.82, 2.24) is 0 Å². The molecule has 0 saturated heterocycles. The van der Waals surface area contributed by atoms with Gasteiger partial charge in [-0.25, -0.2) is 0 Å². The number of aromatic hydroxyl groups is 1. The SMILES string of the molecule is CCC1Cc2ccc(O)cc2OC1(C)CCC(=O)O. The van der Waals surface area contributed by atoms with E-state index >= 15 is 0 Å². The fourth-order valence-electron chi connectivity index (χ4n) is 2.81. The summed E-state index contributed by atoms with van der Waals surface area (Å²) in [5.74, 6) is 0.345. The molecule has 0 fully saturated rings. The minimum Gasteiger partial charge on any atom is -0.508 e. The van der Waals surface area contributed by atoms with Gasteiger partial charge in [0.05, 0.1) is 0 Å². The molecule has 1 aliphatic heterocycles. The van der Waals surface area contributed by atoms with Crippen LogP contribution in [-0.2, 0) is 11.2 Å². The van der Waals surface area contributed by atoms with Gasteiger partial charge in [-0.15, -0.1) is 0 Å². The molecule has 2 unspecified atom stereocenters. The highest BCUT2D eigenvalue weighted by Crippen LogP contribution is 2.42. The second-order valence-electron chi connectivity index (χ2n) is 5.41. The molecule has 0 amide bonds. The third-order valence-corrected chi connectivity index (χ3v) is 4.05. The minimum absolute atomic E-state index is 0.0984. The molecule has 2 rings (SSSR count). The molecule has 2 atom stereocenters. The van der Waals surface area contributed by atoms with Crippen LogP contribution in [0.4, 0.5) is 0 Å². The number of phenols is 1. The maximum Gasteiger partial charge on any atom is 0.303 e. The fraction of sp³-hybridized carbons (Fsp3) is 0.533. The third-order valence-electron chi connectivity index (χ3n) is 4.05. The van der Waals surface area contributed by atoms with Crippen molar-refractivity contribution >= 4 is 5.97 Å². The van der Waals surface area contributed by atoms with Crippen molar-refractivity contribution in [2.24, 2.45) is 5.92 Å². The van der Waals surface area contributed by atoms with Crippen LogP contribution < -0.4 is 4.74 Å². The molecule has 104 valence electrons. The van der Waals surface area contributed by atoms with E-state index in [2.05, 4.69) is 6.92 Å². The molecule has 0 saturated carbocycles. The van der Waals surface area contributed by atoms with Gasteiger partial charge in [-0.05, 0) is 37.8 Å². The van der Waals surface area contributed by atoms with Gasteiger partial charge in [-0.1, -0.05) is 13.0 Å². The summed E-state index contributed by atoms with van der Waals surface area (Å²) in [6.07, 6.45) is 2.38. The molecule has 1 aromatic carbocycles. The summed E-state index contributed by atoms with van der Waals surface area (Å²) in [6.45, 7) is 4.07. The molecule has 0 radical (unpaired) electrons. The molecular formula is C15H20O4. The first-order valence-corrected chi connectivity index (χ1v) is 6.67. The van der Waals surface area contributed by atoms with Crippen LogP contribution in [0.15, 0.2) is 18.2 Å². The van der Waals surface area contributed by atoms with Gasteiger partial charge in [-0.3, -0.25) is 4.79 Å². The van der Waals surface area contributed by atoms with Crippen molar-refractivity contribution in [2.75, 3.05) is 0 Å². The van der Waals surface area contributed by atoms with Gasteiger partial charge < -0.3 is 14.9 Å². The average Bonchev–Trinajstić information content (AvgIpc) is 2.35. The monoisotopic (exact) mass is 264 g/mol.